The Kier molecular flexibility index (Phi) is 7.03. The number of carbonyl (C=O) groups is 1. The first-order valence-corrected chi connectivity index (χ1v) is 18.4. The maximum Gasteiger partial charge on any atom is 0.303 e. The smallest absolute Gasteiger partial charge is 0.303 e. The average molecular weight is 663 g/mol. The van der Waals surface area contributed by atoms with Gasteiger partial charge < -0.3 is 44.1 Å². The molecule has 8 aliphatic rings. The molecule has 3 aliphatic heterocycles. The molecule has 3 spiro atoms. The van der Waals surface area contributed by atoms with Gasteiger partial charge in [-0.2, -0.15) is 0 Å². The third-order valence-electron chi connectivity index (χ3n) is 16.3. The van der Waals surface area contributed by atoms with Crippen molar-refractivity contribution in [1.82, 2.24) is 0 Å². The van der Waals surface area contributed by atoms with Gasteiger partial charge in [-0.15, -0.1) is 0 Å². The maximum atomic E-state index is 12.8. The molecule has 3 saturated heterocycles. The number of aliphatic hydroxyl groups excluding tert-OH is 4. The fraction of sp³-hybridized carbons (Fsp3) is 0.973. The van der Waals surface area contributed by atoms with Gasteiger partial charge in [0.15, 0.2) is 12.1 Å². The van der Waals surface area contributed by atoms with E-state index >= 15 is 0 Å². The Morgan fingerprint density at radius 2 is 1.57 bits per heavy atom. The lowest BCUT2D eigenvalue weighted by Gasteiger charge is -2.63. The van der Waals surface area contributed by atoms with E-state index in [0.29, 0.717) is 11.8 Å². The summed E-state index contributed by atoms with van der Waals surface area (Å²) in [5.41, 5.74) is -1.36. The van der Waals surface area contributed by atoms with E-state index in [1.165, 1.54) is 6.92 Å². The second-order valence-electron chi connectivity index (χ2n) is 18.8. The predicted octanol–water partition coefficient (Wildman–Crippen LogP) is 3.69. The van der Waals surface area contributed by atoms with Crippen molar-refractivity contribution in [2.75, 3.05) is 6.61 Å². The predicted molar refractivity (Wildman–Crippen MR) is 168 cm³/mol. The number of fused-ring (bicyclic) bond motifs is 4. The van der Waals surface area contributed by atoms with Crippen LogP contribution >= 0.6 is 0 Å². The zero-order valence-electron chi connectivity index (χ0n) is 29.5. The minimum absolute atomic E-state index is 0.0329. The lowest BCUT2D eigenvalue weighted by atomic mass is 9.41. The molecule has 10 heteroatoms. The number of aliphatic hydroxyl groups is 4. The summed E-state index contributed by atoms with van der Waals surface area (Å²) in [6.45, 7) is 16.8. The number of esters is 1. The quantitative estimate of drug-likeness (QED) is 0.260. The summed E-state index contributed by atoms with van der Waals surface area (Å²) < 4.78 is 31.9. The van der Waals surface area contributed by atoms with Crippen LogP contribution < -0.4 is 0 Å². The summed E-state index contributed by atoms with van der Waals surface area (Å²) in [5, 5.41) is 43.7. The number of rotatable bonds is 4. The van der Waals surface area contributed by atoms with E-state index in [1.807, 2.05) is 13.8 Å². The minimum Gasteiger partial charge on any atom is -0.457 e. The van der Waals surface area contributed by atoms with Crippen LogP contribution in [0.3, 0.4) is 0 Å². The highest BCUT2D eigenvalue weighted by Crippen LogP contribution is 2.90. The molecule has 47 heavy (non-hydrogen) atoms. The first-order valence-electron chi connectivity index (χ1n) is 18.4. The highest BCUT2D eigenvalue weighted by atomic mass is 16.8. The molecule has 0 radical (unpaired) electrons. The summed E-state index contributed by atoms with van der Waals surface area (Å²) in [5.74, 6) is -0.402. The number of hydrogen-bond donors (Lipinski definition) is 4. The van der Waals surface area contributed by atoms with E-state index in [0.717, 1.165) is 51.4 Å². The van der Waals surface area contributed by atoms with Crippen LogP contribution in [0.25, 0.3) is 0 Å². The number of ether oxygens (including phenoxy) is 5. The van der Waals surface area contributed by atoms with Gasteiger partial charge in [0.25, 0.3) is 0 Å². The molecule has 0 aromatic carbocycles. The monoisotopic (exact) mass is 662 g/mol. The van der Waals surface area contributed by atoms with Crippen molar-refractivity contribution in [2.24, 2.45) is 50.7 Å². The third kappa shape index (κ3) is 3.88. The van der Waals surface area contributed by atoms with E-state index in [4.69, 9.17) is 23.7 Å². The van der Waals surface area contributed by atoms with Gasteiger partial charge in [0.1, 0.15) is 36.1 Å². The molecule has 5 aliphatic carbocycles. The zero-order chi connectivity index (χ0) is 33.9. The molecule has 8 fully saturated rings. The standard InChI is InChI=1S/C37H58O10/c1-18-15-21-28(32(5,6)45-19(2)38)47-37(46-21)27(18)33(7)13-14-36-17-35(36)12-11-24(44-29-26(41)25(40)20(39)16-43-29)31(3,4)22(35)9-10-23(36)34(33,8)30(37)42/h18,20-30,39-42H,9-17H2,1-8H3/t18-,20+,21-,22+,23+,24+,25+,26-,27-,28+,29+,30-,33-,34-,35-,36+,37+/m1/s1. The van der Waals surface area contributed by atoms with Crippen LogP contribution in [0, 0.1) is 50.7 Å². The van der Waals surface area contributed by atoms with Gasteiger partial charge in [0.05, 0.1) is 18.8 Å². The Hall–Kier alpha value is -0.850. The largest absolute Gasteiger partial charge is 0.457 e. The van der Waals surface area contributed by atoms with Crippen molar-refractivity contribution in [2.45, 2.75) is 167 Å². The molecule has 3 heterocycles. The molecule has 266 valence electrons. The van der Waals surface area contributed by atoms with E-state index < -0.39 is 53.6 Å². The van der Waals surface area contributed by atoms with E-state index in [2.05, 4.69) is 34.6 Å². The topological polar surface area (TPSA) is 144 Å². The number of carbonyl (C=O) groups excluding carboxylic acids is 1. The van der Waals surface area contributed by atoms with Crippen LogP contribution in [0.5, 0.6) is 0 Å². The first kappa shape index (κ1) is 33.3. The Labute approximate surface area is 279 Å². The second kappa shape index (κ2) is 9.93. The molecule has 0 unspecified atom stereocenters. The van der Waals surface area contributed by atoms with E-state index in [9.17, 15) is 25.2 Å². The summed E-state index contributed by atoms with van der Waals surface area (Å²) in [6.07, 6.45) is 1.72. The molecule has 8 rings (SSSR count). The van der Waals surface area contributed by atoms with Crippen molar-refractivity contribution >= 4 is 5.97 Å². The van der Waals surface area contributed by atoms with Gasteiger partial charge >= 0.3 is 5.97 Å². The molecule has 2 bridgehead atoms. The van der Waals surface area contributed by atoms with Gasteiger partial charge in [0, 0.05) is 18.3 Å². The van der Waals surface area contributed by atoms with Crippen molar-refractivity contribution in [3.63, 3.8) is 0 Å². The van der Waals surface area contributed by atoms with Crippen molar-refractivity contribution < 1.29 is 48.9 Å². The van der Waals surface area contributed by atoms with Gasteiger partial charge in [-0.3, -0.25) is 4.79 Å². The molecule has 5 saturated carbocycles. The fourth-order valence-electron chi connectivity index (χ4n) is 14.4. The molecule has 17 atom stereocenters. The second-order valence-corrected chi connectivity index (χ2v) is 18.8. The molecule has 0 aromatic heterocycles. The average Bonchev–Trinajstić information content (AvgIpc) is 3.49. The molecule has 4 N–H and O–H groups in total. The summed E-state index contributed by atoms with van der Waals surface area (Å²) in [6, 6.07) is 0. The van der Waals surface area contributed by atoms with Crippen LogP contribution in [0.15, 0.2) is 0 Å². The van der Waals surface area contributed by atoms with Crippen LogP contribution in [0.2, 0.25) is 0 Å². The van der Waals surface area contributed by atoms with Crippen molar-refractivity contribution in [1.29, 1.82) is 0 Å². The lowest BCUT2D eigenvalue weighted by Crippen LogP contribution is -2.61. The van der Waals surface area contributed by atoms with Gasteiger partial charge in [0.2, 0.25) is 0 Å². The van der Waals surface area contributed by atoms with E-state index in [1.54, 1.807) is 0 Å². The summed E-state index contributed by atoms with van der Waals surface area (Å²) in [4.78, 5) is 12.1. The first-order chi connectivity index (χ1) is 21.8. The van der Waals surface area contributed by atoms with Crippen LogP contribution in [-0.2, 0) is 28.5 Å². The minimum atomic E-state index is -1.29. The molecule has 0 aromatic rings. The SMILES string of the molecule is CC(=O)OC(C)(C)[C@H]1O[C@@]23O[C@@H]1C[C@@H](C)[C@@H]2[C@@]1(C)CC[C@@]24C[C@@]25CC[C@H](O[C@@H]2OC[C@H](O)[C@H](O)[C@H]2O)C(C)(C)[C@@H]5CC[C@H]4[C@]1(C)[C@H]3O. The summed E-state index contributed by atoms with van der Waals surface area (Å²) >= 11 is 0. The van der Waals surface area contributed by atoms with E-state index in [-0.39, 0.29) is 58.3 Å². The summed E-state index contributed by atoms with van der Waals surface area (Å²) in [7, 11) is 0. The van der Waals surface area contributed by atoms with Crippen molar-refractivity contribution in [3.8, 4) is 0 Å². The van der Waals surface area contributed by atoms with Crippen LogP contribution in [0.1, 0.15) is 107 Å². The molecule has 10 nitrogen and oxygen atoms in total. The fourth-order valence-corrected chi connectivity index (χ4v) is 14.4. The Bertz CT molecular complexity index is 1320. The Balaban J connectivity index is 1.09. The maximum absolute atomic E-state index is 12.8. The van der Waals surface area contributed by atoms with Gasteiger partial charge in [-0.1, -0.05) is 34.6 Å². The molecular weight excluding hydrogens is 604 g/mol. The third-order valence-corrected chi connectivity index (χ3v) is 16.3. The lowest BCUT2D eigenvalue weighted by molar-refractivity contribution is -0.303. The highest BCUT2D eigenvalue weighted by molar-refractivity contribution is 5.66. The van der Waals surface area contributed by atoms with Crippen LogP contribution in [0.4, 0.5) is 0 Å². The molecular formula is C37H58O10. The number of hydrogen-bond acceptors (Lipinski definition) is 10. The van der Waals surface area contributed by atoms with Gasteiger partial charge in [-0.05, 0) is 105 Å². The Morgan fingerprint density at radius 1 is 0.894 bits per heavy atom. The zero-order valence-corrected chi connectivity index (χ0v) is 29.5. The van der Waals surface area contributed by atoms with Crippen molar-refractivity contribution in [3.05, 3.63) is 0 Å². The highest BCUT2D eigenvalue weighted by Gasteiger charge is 2.88. The van der Waals surface area contributed by atoms with Gasteiger partial charge in [-0.25, -0.2) is 0 Å². The Morgan fingerprint density at radius 3 is 2.28 bits per heavy atom. The van der Waals surface area contributed by atoms with Crippen LogP contribution in [-0.4, -0.2) is 93.4 Å². The normalized spacial score (nSPS) is 58.8. The molecule has 0 amide bonds.